The summed E-state index contributed by atoms with van der Waals surface area (Å²) in [4.78, 5) is 12.1. The van der Waals surface area contributed by atoms with Gasteiger partial charge in [-0.3, -0.25) is 4.79 Å². The molecule has 0 bridgehead atoms. The topological polar surface area (TPSA) is 59.6 Å². The van der Waals surface area contributed by atoms with Crippen molar-refractivity contribution in [2.75, 3.05) is 26.1 Å². The molecule has 1 amide bonds. The number of anilines is 1. The van der Waals surface area contributed by atoms with Crippen LogP contribution in [0.1, 0.15) is 11.1 Å². The van der Waals surface area contributed by atoms with Crippen LogP contribution in [-0.2, 0) is 11.3 Å². The van der Waals surface area contributed by atoms with Crippen LogP contribution in [0.4, 0.5) is 5.69 Å². The lowest BCUT2D eigenvalue weighted by Gasteiger charge is -2.12. The smallest absolute Gasteiger partial charge is 0.238 e. The highest BCUT2D eigenvalue weighted by Gasteiger charge is 2.10. The SMILES string of the molecule is COc1ccc(CNCC(=O)Nc2cc(C)c(Cl)cc2OC)cc1. The maximum Gasteiger partial charge on any atom is 0.238 e. The van der Waals surface area contributed by atoms with E-state index in [4.69, 9.17) is 21.1 Å². The Bertz CT molecular complexity index is 702. The van der Waals surface area contributed by atoms with Crippen molar-refractivity contribution in [3.63, 3.8) is 0 Å². The lowest BCUT2D eigenvalue weighted by Crippen LogP contribution is -2.27. The zero-order valence-electron chi connectivity index (χ0n) is 14.0. The molecule has 0 aliphatic rings. The van der Waals surface area contributed by atoms with Crippen LogP contribution in [0, 0.1) is 6.92 Å². The van der Waals surface area contributed by atoms with Crippen molar-refractivity contribution in [3.05, 3.63) is 52.5 Å². The first-order chi connectivity index (χ1) is 11.5. The van der Waals surface area contributed by atoms with E-state index in [2.05, 4.69) is 10.6 Å². The van der Waals surface area contributed by atoms with Crippen molar-refractivity contribution in [3.8, 4) is 11.5 Å². The van der Waals surface area contributed by atoms with Gasteiger partial charge in [-0.15, -0.1) is 0 Å². The van der Waals surface area contributed by atoms with Crippen LogP contribution >= 0.6 is 11.6 Å². The monoisotopic (exact) mass is 348 g/mol. The number of nitrogens with one attached hydrogen (secondary N) is 2. The quantitative estimate of drug-likeness (QED) is 0.805. The highest BCUT2D eigenvalue weighted by Crippen LogP contribution is 2.30. The molecule has 2 rings (SSSR count). The van der Waals surface area contributed by atoms with Crippen molar-refractivity contribution in [1.82, 2.24) is 5.32 Å². The van der Waals surface area contributed by atoms with E-state index in [1.807, 2.05) is 31.2 Å². The Morgan fingerprint density at radius 1 is 1.12 bits per heavy atom. The van der Waals surface area contributed by atoms with Gasteiger partial charge in [0.05, 0.1) is 26.5 Å². The van der Waals surface area contributed by atoms with Crippen LogP contribution in [-0.4, -0.2) is 26.7 Å². The Labute approximate surface area is 146 Å². The van der Waals surface area contributed by atoms with Crippen molar-refractivity contribution < 1.29 is 14.3 Å². The molecule has 0 atom stereocenters. The third-order valence-corrected chi connectivity index (χ3v) is 3.94. The van der Waals surface area contributed by atoms with Crippen LogP contribution in [0.15, 0.2) is 36.4 Å². The average Bonchev–Trinajstić information content (AvgIpc) is 2.58. The highest BCUT2D eigenvalue weighted by atomic mass is 35.5. The van der Waals surface area contributed by atoms with E-state index in [1.54, 1.807) is 26.4 Å². The first-order valence-corrected chi connectivity index (χ1v) is 7.89. The number of carbonyl (C=O) groups excluding carboxylic acids is 1. The van der Waals surface area contributed by atoms with Gasteiger partial charge in [-0.1, -0.05) is 23.7 Å². The van der Waals surface area contributed by atoms with E-state index in [9.17, 15) is 4.79 Å². The number of aryl methyl sites for hydroxylation is 1. The van der Waals surface area contributed by atoms with Gasteiger partial charge in [0.1, 0.15) is 11.5 Å². The molecule has 0 saturated carbocycles. The minimum absolute atomic E-state index is 0.150. The Hall–Kier alpha value is -2.24. The van der Waals surface area contributed by atoms with Crippen molar-refractivity contribution in [1.29, 1.82) is 0 Å². The van der Waals surface area contributed by atoms with Crippen LogP contribution in [0.3, 0.4) is 0 Å². The standard InChI is InChI=1S/C18H21ClN2O3/c1-12-8-16(17(24-3)9-15(12)19)21-18(22)11-20-10-13-4-6-14(23-2)7-5-13/h4-9,20H,10-11H2,1-3H3,(H,21,22). The molecule has 0 heterocycles. The summed E-state index contributed by atoms with van der Waals surface area (Å²) >= 11 is 6.06. The summed E-state index contributed by atoms with van der Waals surface area (Å²) in [5.74, 6) is 1.19. The lowest BCUT2D eigenvalue weighted by molar-refractivity contribution is -0.115. The van der Waals surface area contributed by atoms with Gasteiger partial charge in [-0.05, 0) is 36.2 Å². The third-order valence-electron chi connectivity index (χ3n) is 3.53. The number of amides is 1. The minimum atomic E-state index is -0.150. The summed E-state index contributed by atoms with van der Waals surface area (Å²) in [6.45, 7) is 2.66. The van der Waals surface area contributed by atoms with E-state index < -0.39 is 0 Å². The molecule has 6 heteroatoms. The first kappa shape index (κ1) is 18.1. The number of hydrogen-bond donors (Lipinski definition) is 2. The van der Waals surface area contributed by atoms with E-state index in [1.165, 1.54) is 0 Å². The predicted molar refractivity (Wildman–Crippen MR) is 96.1 cm³/mol. The summed E-state index contributed by atoms with van der Waals surface area (Å²) in [5.41, 5.74) is 2.55. The summed E-state index contributed by atoms with van der Waals surface area (Å²) in [6.07, 6.45) is 0. The summed E-state index contributed by atoms with van der Waals surface area (Å²) in [7, 11) is 3.17. The van der Waals surface area contributed by atoms with Gasteiger partial charge in [0, 0.05) is 17.6 Å². The maximum atomic E-state index is 12.1. The molecule has 0 saturated heterocycles. The predicted octanol–water partition coefficient (Wildman–Crippen LogP) is 3.39. The molecule has 0 aromatic heterocycles. The van der Waals surface area contributed by atoms with Gasteiger partial charge >= 0.3 is 0 Å². The number of ether oxygens (including phenoxy) is 2. The number of methoxy groups -OCH3 is 2. The second-order valence-corrected chi connectivity index (χ2v) is 5.71. The fourth-order valence-corrected chi connectivity index (χ4v) is 2.34. The molecule has 2 N–H and O–H groups in total. The molecule has 128 valence electrons. The van der Waals surface area contributed by atoms with E-state index in [0.29, 0.717) is 23.0 Å². The third kappa shape index (κ3) is 4.88. The minimum Gasteiger partial charge on any atom is -0.497 e. The van der Waals surface area contributed by atoms with Gasteiger partial charge in [-0.2, -0.15) is 0 Å². The van der Waals surface area contributed by atoms with Crippen LogP contribution in [0.5, 0.6) is 11.5 Å². The highest BCUT2D eigenvalue weighted by molar-refractivity contribution is 6.31. The Morgan fingerprint density at radius 3 is 2.46 bits per heavy atom. The number of halogens is 1. The molecule has 0 radical (unpaired) electrons. The zero-order valence-corrected chi connectivity index (χ0v) is 14.7. The van der Waals surface area contributed by atoms with E-state index in [0.717, 1.165) is 16.9 Å². The fraction of sp³-hybridized carbons (Fsp3) is 0.278. The molecule has 0 fully saturated rings. The Kier molecular flexibility index (Phi) is 6.46. The van der Waals surface area contributed by atoms with Crippen molar-refractivity contribution in [2.45, 2.75) is 13.5 Å². The summed E-state index contributed by atoms with van der Waals surface area (Å²) in [6, 6.07) is 11.2. The molecule has 5 nitrogen and oxygen atoms in total. The van der Waals surface area contributed by atoms with Crippen LogP contribution < -0.4 is 20.1 Å². The second kappa shape index (κ2) is 8.57. The number of carbonyl (C=O) groups is 1. The van der Waals surface area contributed by atoms with Crippen LogP contribution in [0.25, 0.3) is 0 Å². The zero-order chi connectivity index (χ0) is 17.5. The molecule has 0 aliphatic heterocycles. The average molecular weight is 349 g/mol. The summed E-state index contributed by atoms with van der Waals surface area (Å²) in [5, 5.41) is 6.53. The Balaban J connectivity index is 1.88. The van der Waals surface area contributed by atoms with Crippen molar-refractivity contribution >= 4 is 23.2 Å². The number of benzene rings is 2. The number of hydrogen-bond acceptors (Lipinski definition) is 4. The van der Waals surface area contributed by atoms with Gasteiger partial charge in [-0.25, -0.2) is 0 Å². The summed E-state index contributed by atoms with van der Waals surface area (Å²) < 4.78 is 10.4. The van der Waals surface area contributed by atoms with Gasteiger partial charge < -0.3 is 20.1 Å². The normalized spacial score (nSPS) is 10.3. The molecular formula is C18H21ClN2O3. The molecule has 2 aromatic rings. The van der Waals surface area contributed by atoms with Crippen molar-refractivity contribution in [2.24, 2.45) is 0 Å². The van der Waals surface area contributed by atoms with E-state index >= 15 is 0 Å². The number of rotatable bonds is 7. The molecular weight excluding hydrogens is 328 g/mol. The van der Waals surface area contributed by atoms with E-state index in [-0.39, 0.29) is 12.5 Å². The molecule has 2 aromatic carbocycles. The Morgan fingerprint density at radius 2 is 1.83 bits per heavy atom. The molecule has 0 spiro atoms. The molecule has 0 aliphatic carbocycles. The fourth-order valence-electron chi connectivity index (χ4n) is 2.19. The molecule has 0 unspecified atom stereocenters. The largest absolute Gasteiger partial charge is 0.497 e. The maximum absolute atomic E-state index is 12.1. The second-order valence-electron chi connectivity index (χ2n) is 5.30. The first-order valence-electron chi connectivity index (χ1n) is 7.51. The lowest BCUT2D eigenvalue weighted by atomic mass is 10.2. The van der Waals surface area contributed by atoms with Gasteiger partial charge in [0.15, 0.2) is 0 Å². The molecule has 24 heavy (non-hydrogen) atoms. The van der Waals surface area contributed by atoms with Gasteiger partial charge in [0.2, 0.25) is 5.91 Å². The van der Waals surface area contributed by atoms with Crippen LogP contribution in [0.2, 0.25) is 5.02 Å². The van der Waals surface area contributed by atoms with Gasteiger partial charge in [0.25, 0.3) is 0 Å².